The summed E-state index contributed by atoms with van der Waals surface area (Å²) in [5.74, 6) is 0.475. The zero-order valence-electron chi connectivity index (χ0n) is 13.2. The molecule has 2 aromatic rings. The minimum atomic E-state index is -0.531. The van der Waals surface area contributed by atoms with Gasteiger partial charge in [0.05, 0.1) is 27.8 Å². The molecule has 2 rings (SSSR count). The van der Waals surface area contributed by atoms with Crippen molar-refractivity contribution in [1.82, 2.24) is 0 Å². The van der Waals surface area contributed by atoms with Crippen LogP contribution in [-0.2, 0) is 11.2 Å². The summed E-state index contributed by atoms with van der Waals surface area (Å²) >= 11 is 0. The van der Waals surface area contributed by atoms with E-state index in [9.17, 15) is 9.18 Å². The van der Waals surface area contributed by atoms with Crippen LogP contribution in [0, 0.1) is 5.82 Å². The van der Waals surface area contributed by atoms with E-state index < -0.39 is 5.82 Å². The standard InChI is InChI=1S/C17H18FNO4/c1-21-14-7-5-12(10-13(14)18)19-17(20)9-11-4-6-15(22-2)16(8-11)23-3/h4-8,10H,9H2,1-3H3,(H,19,20). The van der Waals surface area contributed by atoms with Crippen molar-refractivity contribution in [3.05, 3.63) is 47.8 Å². The topological polar surface area (TPSA) is 56.8 Å². The van der Waals surface area contributed by atoms with Gasteiger partial charge in [0, 0.05) is 11.8 Å². The number of methoxy groups -OCH3 is 3. The minimum Gasteiger partial charge on any atom is -0.494 e. The van der Waals surface area contributed by atoms with Crippen LogP contribution >= 0.6 is 0 Å². The Kier molecular flexibility index (Phi) is 5.41. The van der Waals surface area contributed by atoms with Gasteiger partial charge in [-0.3, -0.25) is 4.79 Å². The average Bonchev–Trinajstić information content (AvgIpc) is 2.54. The molecular weight excluding hydrogens is 301 g/mol. The second-order valence-electron chi connectivity index (χ2n) is 4.76. The molecular formula is C17H18FNO4. The summed E-state index contributed by atoms with van der Waals surface area (Å²) in [4.78, 5) is 12.1. The van der Waals surface area contributed by atoms with Crippen LogP contribution < -0.4 is 19.5 Å². The molecule has 0 fully saturated rings. The Morgan fingerprint density at radius 2 is 1.61 bits per heavy atom. The van der Waals surface area contributed by atoms with Crippen LogP contribution in [0.1, 0.15) is 5.56 Å². The van der Waals surface area contributed by atoms with Crippen LogP contribution in [0.5, 0.6) is 17.2 Å². The smallest absolute Gasteiger partial charge is 0.228 e. The number of carbonyl (C=O) groups excluding carboxylic acids is 1. The maximum Gasteiger partial charge on any atom is 0.228 e. The van der Waals surface area contributed by atoms with Crippen LogP contribution in [0.15, 0.2) is 36.4 Å². The lowest BCUT2D eigenvalue weighted by atomic mass is 10.1. The SMILES string of the molecule is COc1ccc(NC(=O)Cc2ccc(OC)c(OC)c2)cc1F. The molecule has 0 spiro atoms. The lowest BCUT2D eigenvalue weighted by Crippen LogP contribution is -2.14. The molecule has 5 nitrogen and oxygen atoms in total. The number of anilines is 1. The van der Waals surface area contributed by atoms with E-state index >= 15 is 0 Å². The average molecular weight is 319 g/mol. The molecule has 0 saturated carbocycles. The summed E-state index contributed by atoms with van der Waals surface area (Å²) in [5, 5.41) is 2.64. The number of hydrogen-bond acceptors (Lipinski definition) is 4. The van der Waals surface area contributed by atoms with Gasteiger partial charge in [-0.25, -0.2) is 4.39 Å². The molecule has 0 aliphatic rings. The summed E-state index contributed by atoms with van der Waals surface area (Å²) < 4.78 is 28.8. The fraction of sp³-hybridized carbons (Fsp3) is 0.235. The summed E-state index contributed by atoms with van der Waals surface area (Å²) in [6.07, 6.45) is 0.133. The Labute approximate surface area is 134 Å². The van der Waals surface area contributed by atoms with E-state index in [1.54, 1.807) is 31.4 Å². The molecule has 0 saturated heterocycles. The van der Waals surface area contributed by atoms with Gasteiger partial charge in [0.25, 0.3) is 0 Å². The summed E-state index contributed by atoms with van der Waals surface area (Å²) in [5.41, 5.74) is 1.13. The highest BCUT2D eigenvalue weighted by atomic mass is 19.1. The number of rotatable bonds is 6. The first-order valence-corrected chi connectivity index (χ1v) is 6.91. The highest BCUT2D eigenvalue weighted by Gasteiger charge is 2.10. The van der Waals surface area contributed by atoms with Crippen molar-refractivity contribution < 1.29 is 23.4 Å². The molecule has 2 aromatic carbocycles. The molecule has 23 heavy (non-hydrogen) atoms. The van der Waals surface area contributed by atoms with Gasteiger partial charge < -0.3 is 19.5 Å². The van der Waals surface area contributed by atoms with Crippen molar-refractivity contribution in [2.24, 2.45) is 0 Å². The number of benzene rings is 2. The number of hydrogen-bond donors (Lipinski definition) is 1. The number of halogens is 1. The maximum absolute atomic E-state index is 13.6. The first-order chi connectivity index (χ1) is 11.1. The number of amides is 1. The van der Waals surface area contributed by atoms with Crippen molar-refractivity contribution in [2.45, 2.75) is 6.42 Å². The first-order valence-electron chi connectivity index (χ1n) is 6.91. The van der Waals surface area contributed by atoms with Gasteiger partial charge in [0.15, 0.2) is 23.1 Å². The molecule has 0 heterocycles. The predicted octanol–water partition coefficient (Wildman–Crippen LogP) is 3.03. The highest BCUT2D eigenvalue weighted by molar-refractivity contribution is 5.92. The normalized spacial score (nSPS) is 10.1. The highest BCUT2D eigenvalue weighted by Crippen LogP contribution is 2.28. The molecule has 0 bridgehead atoms. The fourth-order valence-electron chi connectivity index (χ4n) is 2.13. The van der Waals surface area contributed by atoms with Crippen LogP contribution in [-0.4, -0.2) is 27.2 Å². The number of nitrogens with one attached hydrogen (secondary N) is 1. The van der Waals surface area contributed by atoms with Crippen LogP contribution in [0.2, 0.25) is 0 Å². The first kappa shape index (κ1) is 16.6. The Hall–Kier alpha value is -2.76. The third-order valence-corrected chi connectivity index (χ3v) is 3.25. The van der Waals surface area contributed by atoms with Gasteiger partial charge in [-0.05, 0) is 29.8 Å². The van der Waals surface area contributed by atoms with Crippen LogP contribution in [0.3, 0.4) is 0 Å². The Morgan fingerprint density at radius 1 is 0.957 bits per heavy atom. The summed E-state index contributed by atoms with van der Waals surface area (Å²) in [6, 6.07) is 9.48. The quantitative estimate of drug-likeness (QED) is 0.889. The van der Waals surface area contributed by atoms with Gasteiger partial charge in [-0.2, -0.15) is 0 Å². The largest absolute Gasteiger partial charge is 0.494 e. The van der Waals surface area contributed by atoms with Gasteiger partial charge in [0.2, 0.25) is 5.91 Å². The molecule has 6 heteroatoms. The van der Waals surface area contributed by atoms with Crippen molar-refractivity contribution >= 4 is 11.6 Å². The molecule has 1 amide bonds. The maximum atomic E-state index is 13.6. The van der Waals surface area contributed by atoms with Crippen LogP contribution in [0.4, 0.5) is 10.1 Å². The number of ether oxygens (including phenoxy) is 3. The van der Waals surface area contributed by atoms with E-state index in [-0.39, 0.29) is 18.1 Å². The van der Waals surface area contributed by atoms with E-state index in [1.807, 2.05) is 0 Å². The Balaban J connectivity index is 2.06. The van der Waals surface area contributed by atoms with Crippen molar-refractivity contribution in [3.63, 3.8) is 0 Å². The monoisotopic (exact) mass is 319 g/mol. The molecule has 0 aliphatic carbocycles. The molecule has 0 unspecified atom stereocenters. The Morgan fingerprint density at radius 3 is 2.22 bits per heavy atom. The van der Waals surface area contributed by atoms with Crippen molar-refractivity contribution in [3.8, 4) is 17.2 Å². The van der Waals surface area contributed by atoms with Crippen LogP contribution in [0.25, 0.3) is 0 Å². The van der Waals surface area contributed by atoms with E-state index in [2.05, 4.69) is 5.32 Å². The predicted molar refractivity (Wildman–Crippen MR) is 84.8 cm³/mol. The lowest BCUT2D eigenvalue weighted by Gasteiger charge is -2.10. The van der Waals surface area contributed by atoms with Gasteiger partial charge >= 0.3 is 0 Å². The fourth-order valence-corrected chi connectivity index (χ4v) is 2.13. The Bertz CT molecular complexity index is 703. The second-order valence-corrected chi connectivity index (χ2v) is 4.76. The third-order valence-electron chi connectivity index (χ3n) is 3.25. The van der Waals surface area contributed by atoms with Gasteiger partial charge in [-0.1, -0.05) is 6.07 Å². The molecule has 0 atom stereocenters. The summed E-state index contributed by atoms with van der Waals surface area (Å²) in [7, 11) is 4.46. The van der Waals surface area contributed by atoms with E-state index in [0.717, 1.165) is 5.56 Å². The second kappa shape index (κ2) is 7.49. The van der Waals surface area contributed by atoms with E-state index in [1.165, 1.54) is 26.4 Å². The lowest BCUT2D eigenvalue weighted by molar-refractivity contribution is -0.115. The molecule has 0 aliphatic heterocycles. The third kappa shape index (κ3) is 4.12. The minimum absolute atomic E-state index is 0.128. The van der Waals surface area contributed by atoms with Crippen molar-refractivity contribution in [2.75, 3.05) is 26.6 Å². The molecule has 0 aromatic heterocycles. The van der Waals surface area contributed by atoms with Gasteiger partial charge in [0.1, 0.15) is 0 Å². The van der Waals surface area contributed by atoms with E-state index in [4.69, 9.17) is 14.2 Å². The van der Waals surface area contributed by atoms with Crippen molar-refractivity contribution in [1.29, 1.82) is 0 Å². The van der Waals surface area contributed by atoms with Gasteiger partial charge in [-0.15, -0.1) is 0 Å². The molecule has 1 N–H and O–H groups in total. The van der Waals surface area contributed by atoms with E-state index in [0.29, 0.717) is 17.2 Å². The number of carbonyl (C=O) groups is 1. The zero-order valence-corrected chi connectivity index (χ0v) is 13.2. The zero-order chi connectivity index (χ0) is 16.8. The molecule has 122 valence electrons. The summed E-state index contributed by atoms with van der Waals surface area (Å²) in [6.45, 7) is 0. The molecule has 0 radical (unpaired) electrons.